The van der Waals surface area contributed by atoms with E-state index in [-0.39, 0.29) is 17.5 Å². The van der Waals surface area contributed by atoms with Crippen LogP contribution in [0.4, 0.5) is 11.4 Å². The molecule has 2 N–H and O–H groups in total. The highest BCUT2D eigenvalue weighted by molar-refractivity contribution is 6.03. The molecule has 150 valence electrons. The van der Waals surface area contributed by atoms with Crippen LogP contribution >= 0.6 is 0 Å². The summed E-state index contributed by atoms with van der Waals surface area (Å²) in [4.78, 5) is 25.1. The molecule has 0 aliphatic rings. The quantitative estimate of drug-likeness (QED) is 0.670. The molecular weight excluding hydrogens is 364 g/mol. The molecule has 0 saturated heterocycles. The average Bonchev–Trinajstić information content (AvgIpc) is 3.17. The van der Waals surface area contributed by atoms with Crippen LogP contribution in [0.3, 0.4) is 0 Å². The number of aryl methyl sites for hydroxylation is 4. The summed E-state index contributed by atoms with van der Waals surface area (Å²) in [5.41, 5.74) is 6.26. The van der Waals surface area contributed by atoms with Crippen molar-refractivity contribution in [2.75, 3.05) is 10.6 Å². The first-order valence-corrected chi connectivity index (χ1v) is 9.56. The van der Waals surface area contributed by atoms with Crippen LogP contribution in [0.15, 0.2) is 48.7 Å². The summed E-state index contributed by atoms with van der Waals surface area (Å²) in [5, 5.41) is 10.0. The highest BCUT2D eigenvalue weighted by atomic mass is 16.2. The van der Waals surface area contributed by atoms with Gasteiger partial charge in [0.2, 0.25) is 5.91 Å². The number of benzene rings is 2. The van der Waals surface area contributed by atoms with E-state index in [0.717, 1.165) is 22.4 Å². The van der Waals surface area contributed by atoms with Crippen molar-refractivity contribution in [1.82, 2.24) is 9.78 Å². The van der Waals surface area contributed by atoms with Gasteiger partial charge in [0.15, 0.2) is 5.69 Å². The van der Waals surface area contributed by atoms with E-state index in [1.165, 1.54) is 10.2 Å². The van der Waals surface area contributed by atoms with Crippen molar-refractivity contribution in [2.24, 2.45) is 0 Å². The van der Waals surface area contributed by atoms with Crippen LogP contribution in [0.2, 0.25) is 0 Å². The van der Waals surface area contributed by atoms with E-state index >= 15 is 0 Å². The van der Waals surface area contributed by atoms with Gasteiger partial charge in [-0.1, -0.05) is 12.1 Å². The number of aromatic nitrogens is 2. The minimum Gasteiger partial charge on any atom is -0.324 e. The maximum Gasteiger partial charge on any atom is 0.276 e. The van der Waals surface area contributed by atoms with E-state index in [1.807, 2.05) is 64.1 Å². The van der Waals surface area contributed by atoms with E-state index in [4.69, 9.17) is 0 Å². The summed E-state index contributed by atoms with van der Waals surface area (Å²) in [7, 11) is 0. The predicted octanol–water partition coefficient (Wildman–Crippen LogP) is 4.57. The van der Waals surface area contributed by atoms with Gasteiger partial charge in [-0.25, -0.2) is 0 Å². The maximum atomic E-state index is 12.6. The molecule has 0 fully saturated rings. The smallest absolute Gasteiger partial charge is 0.276 e. The maximum absolute atomic E-state index is 12.6. The second kappa shape index (κ2) is 8.31. The summed E-state index contributed by atoms with van der Waals surface area (Å²) in [6.45, 7) is 9.79. The molecule has 0 unspecified atom stereocenters. The minimum atomic E-state index is -0.556. The topological polar surface area (TPSA) is 76.0 Å². The predicted molar refractivity (Wildman–Crippen MR) is 115 cm³/mol. The van der Waals surface area contributed by atoms with Gasteiger partial charge in [-0.15, -0.1) is 0 Å². The number of nitrogens with one attached hydrogen (secondary N) is 2. The number of rotatable bonds is 5. The largest absolute Gasteiger partial charge is 0.324 e. The lowest BCUT2D eigenvalue weighted by Crippen LogP contribution is -2.24. The van der Waals surface area contributed by atoms with Crippen molar-refractivity contribution in [2.45, 2.75) is 40.7 Å². The van der Waals surface area contributed by atoms with Crippen LogP contribution < -0.4 is 10.6 Å². The number of hydrogen-bond acceptors (Lipinski definition) is 3. The Balaban J connectivity index is 1.67. The highest BCUT2D eigenvalue weighted by Crippen LogP contribution is 2.17. The van der Waals surface area contributed by atoms with E-state index < -0.39 is 6.04 Å². The molecule has 3 aromatic rings. The zero-order chi connectivity index (χ0) is 21.1. The van der Waals surface area contributed by atoms with Crippen molar-refractivity contribution < 1.29 is 9.59 Å². The molecule has 0 aliphatic heterocycles. The van der Waals surface area contributed by atoms with Gasteiger partial charge in [-0.2, -0.15) is 5.10 Å². The average molecular weight is 390 g/mol. The van der Waals surface area contributed by atoms with E-state index in [2.05, 4.69) is 15.7 Å². The molecule has 0 spiro atoms. The lowest BCUT2D eigenvalue weighted by Gasteiger charge is -2.13. The molecular formula is C23H26N4O2. The third kappa shape index (κ3) is 4.71. The Bertz CT molecular complexity index is 1070. The van der Waals surface area contributed by atoms with Crippen LogP contribution in [0.5, 0.6) is 0 Å². The lowest BCUT2D eigenvalue weighted by atomic mass is 10.1. The fourth-order valence-electron chi connectivity index (χ4n) is 2.88. The van der Waals surface area contributed by atoms with Crippen molar-refractivity contribution in [3.8, 4) is 0 Å². The zero-order valence-corrected chi connectivity index (χ0v) is 17.4. The molecule has 1 aromatic heterocycles. The summed E-state index contributed by atoms with van der Waals surface area (Å²) < 4.78 is 1.49. The van der Waals surface area contributed by atoms with Gasteiger partial charge in [0.1, 0.15) is 6.04 Å². The molecule has 1 atom stereocenters. The molecule has 6 heteroatoms. The number of carbonyl (C=O) groups excluding carboxylic acids is 2. The Morgan fingerprint density at radius 3 is 1.93 bits per heavy atom. The van der Waals surface area contributed by atoms with Gasteiger partial charge in [0.25, 0.3) is 5.91 Å². The van der Waals surface area contributed by atoms with Crippen LogP contribution in [-0.4, -0.2) is 21.6 Å². The lowest BCUT2D eigenvalue weighted by molar-refractivity contribution is -0.119. The van der Waals surface area contributed by atoms with E-state index in [9.17, 15) is 9.59 Å². The highest BCUT2D eigenvalue weighted by Gasteiger charge is 2.18. The van der Waals surface area contributed by atoms with Crippen molar-refractivity contribution >= 4 is 23.2 Å². The van der Waals surface area contributed by atoms with Gasteiger partial charge < -0.3 is 10.6 Å². The number of hydrogen-bond donors (Lipinski definition) is 2. The Labute approximate surface area is 170 Å². The number of anilines is 2. The normalized spacial score (nSPS) is 11.8. The summed E-state index contributed by atoms with van der Waals surface area (Å²) in [6.07, 6.45) is 1.64. The van der Waals surface area contributed by atoms with E-state index in [0.29, 0.717) is 5.69 Å². The van der Waals surface area contributed by atoms with E-state index in [1.54, 1.807) is 19.2 Å². The molecule has 0 saturated carbocycles. The molecule has 3 rings (SSSR count). The summed E-state index contributed by atoms with van der Waals surface area (Å²) in [6, 6.07) is 12.6. The molecule has 6 nitrogen and oxygen atoms in total. The fourth-order valence-corrected chi connectivity index (χ4v) is 2.88. The Morgan fingerprint density at radius 1 is 0.828 bits per heavy atom. The van der Waals surface area contributed by atoms with Gasteiger partial charge in [0, 0.05) is 17.6 Å². The number of amides is 2. The first-order valence-electron chi connectivity index (χ1n) is 9.56. The third-order valence-corrected chi connectivity index (χ3v) is 5.16. The van der Waals surface area contributed by atoms with Crippen LogP contribution in [-0.2, 0) is 4.79 Å². The van der Waals surface area contributed by atoms with Crippen molar-refractivity contribution in [3.05, 3.63) is 76.6 Å². The minimum absolute atomic E-state index is 0.197. The number of nitrogens with zero attached hydrogens (tertiary/aromatic N) is 2. The van der Waals surface area contributed by atoms with Crippen molar-refractivity contribution in [1.29, 1.82) is 0 Å². The van der Waals surface area contributed by atoms with Crippen LogP contribution in [0, 0.1) is 27.7 Å². The Hall–Kier alpha value is -3.41. The van der Waals surface area contributed by atoms with Crippen LogP contribution in [0.1, 0.15) is 45.7 Å². The summed E-state index contributed by atoms with van der Waals surface area (Å²) in [5.74, 6) is -0.508. The Kier molecular flexibility index (Phi) is 5.82. The zero-order valence-electron chi connectivity index (χ0n) is 17.4. The standard InChI is InChI=1S/C23H26N4O2/c1-14-6-8-19(12-16(14)3)24-22(28)18(5)27-11-10-21(26-27)23(29)25-20-9-7-15(2)17(4)13-20/h6-13,18H,1-5H3,(H,24,28)(H,25,29)/t18-/m1/s1. The third-order valence-electron chi connectivity index (χ3n) is 5.16. The molecule has 0 radical (unpaired) electrons. The molecule has 2 amide bonds. The van der Waals surface area contributed by atoms with Gasteiger partial charge >= 0.3 is 0 Å². The molecule has 0 bridgehead atoms. The first-order chi connectivity index (χ1) is 13.7. The van der Waals surface area contributed by atoms with Gasteiger partial charge in [0.05, 0.1) is 0 Å². The van der Waals surface area contributed by atoms with Gasteiger partial charge in [-0.05, 0) is 87.2 Å². The number of carbonyl (C=O) groups is 2. The monoisotopic (exact) mass is 390 g/mol. The molecule has 0 aliphatic carbocycles. The fraction of sp³-hybridized carbons (Fsp3) is 0.261. The summed E-state index contributed by atoms with van der Waals surface area (Å²) >= 11 is 0. The molecule has 1 heterocycles. The molecule has 29 heavy (non-hydrogen) atoms. The second-order valence-corrected chi connectivity index (χ2v) is 7.40. The first kappa shape index (κ1) is 20.3. The van der Waals surface area contributed by atoms with Crippen molar-refractivity contribution in [3.63, 3.8) is 0 Å². The molecule has 2 aromatic carbocycles. The van der Waals surface area contributed by atoms with Gasteiger partial charge in [-0.3, -0.25) is 14.3 Å². The SMILES string of the molecule is Cc1ccc(NC(=O)c2ccn([C@H](C)C(=O)Nc3ccc(C)c(C)c3)n2)cc1C. The second-order valence-electron chi connectivity index (χ2n) is 7.40. The Morgan fingerprint density at radius 2 is 1.38 bits per heavy atom. The van der Waals surface area contributed by atoms with Crippen LogP contribution in [0.25, 0.3) is 0 Å².